The van der Waals surface area contributed by atoms with Gasteiger partial charge in [-0.1, -0.05) is 44.2 Å². The van der Waals surface area contributed by atoms with Crippen LogP contribution in [0.4, 0.5) is 0 Å². The van der Waals surface area contributed by atoms with Gasteiger partial charge in [0, 0.05) is 38.8 Å². The van der Waals surface area contributed by atoms with Crippen molar-refractivity contribution >= 4 is 0 Å². The average Bonchev–Trinajstić information content (AvgIpc) is 2.48. The Kier molecular flexibility index (Phi) is 5.83. The normalized spacial score (nSPS) is 19.5. The first-order valence-electron chi connectivity index (χ1n) is 7.56. The maximum atomic E-state index is 3.62. The average molecular weight is 261 g/mol. The first-order chi connectivity index (χ1) is 9.33. The van der Waals surface area contributed by atoms with Crippen molar-refractivity contribution in [3.8, 4) is 0 Å². The molecule has 0 amide bonds. The number of likely N-dealkylation sites (N-methyl/N-ethyl adjacent to an activating group) is 2. The lowest BCUT2D eigenvalue weighted by molar-refractivity contribution is 0.127. The summed E-state index contributed by atoms with van der Waals surface area (Å²) in [5, 5.41) is 3.62. The van der Waals surface area contributed by atoms with Crippen LogP contribution in [0.3, 0.4) is 0 Å². The third-order valence-electron chi connectivity index (χ3n) is 4.01. The van der Waals surface area contributed by atoms with Crippen molar-refractivity contribution < 1.29 is 0 Å². The van der Waals surface area contributed by atoms with Gasteiger partial charge in [-0.25, -0.2) is 0 Å². The van der Waals surface area contributed by atoms with Crippen LogP contribution < -0.4 is 5.32 Å². The predicted octanol–water partition coefficient (Wildman–Crippen LogP) is 1.97. The summed E-state index contributed by atoms with van der Waals surface area (Å²) in [6, 6.07) is 11.3. The molecule has 1 aliphatic heterocycles. The van der Waals surface area contributed by atoms with E-state index in [1.54, 1.807) is 0 Å². The van der Waals surface area contributed by atoms with Gasteiger partial charge in [0.1, 0.15) is 0 Å². The van der Waals surface area contributed by atoms with Crippen molar-refractivity contribution in [3.05, 3.63) is 35.9 Å². The highest BCUT2D eigenvalue weighted by molar-refractivity contribution is 5.19. The summed E-state index contributed by atoms with van der Waals surface area (Å²) in [6.45, 7) is 12.6. The molecule has 2 rings (SSSR count). The number of hydrogen-bond acceptors (Lipinski definition) is 3. The first-order valence-corrected chi connectivity index (χ1v) is 7.56. The van der Waals surface area contributed by atoms with Gasteiger partial charge >= 0.3 is 0 Å². The fraction of sp³-hybridized carbons (Fsp3) is 0.625. The van der Waals surface area contributed by atoms with Crippen LogP contribution >= 0.6 is 0 Å². The molecule has 3 nitrogen and oxygen atoms in total. The maximum absolute atomic E-state index is 3.62. The highest BCUT2D eigenvalue weighted by Gasteiger charge is 2.19. The molecule has 1 aliphatic rings. The second kappa shape index (κ2) is 7.63. The standard InChI is InChI=1S/C16H27N3/c1-3-17-16(15-8-6-5-7-9-15)14-19-12-10-18(4-2)11-13-19/h5-9,16-17H,3-4,10-14H2,1-2H3. The third kappa shape index (κ3) is 4.30. The molecule has 1 fully saturated rings. The minimum atomic E-state index is 0.458. The molecule has 0 aliphatic carbocycles. The minimum absolute atomic E-state index is 0.458. The molecular weight excluding hydrogens is 234 g/mol. The minimum Gasteiger partial charge on any atom is -0.309 e. The Morgan fingerprint density at radius 3 is 2.21 bits per heavy atom. The molecule has 19 heavy (non-hydrogen) atoms. The number of nitrogens with zero attached hydrogens (tertiary/aromatic N) is 2. The van der Waals surface area contributed by atoms with Crippen molar-refractivity contribution in [2.45, 2.75) is 19.9 Å². The van der Waals surface area contributed by atoms with E-state index in [-0.39, 0.29) is 0 Å². The van der Waals surface area contributed by atoms with Gasteiger partial charge < -0.3 is 10.2 Å². The molecule has 1 N–H and O–H groups in total. The van der Waals surface area contributed by atoms with Crippen molar-refractivity contribution in [3.63, 3.8) is 0 Å². The highest BCUT2D eigenvalue weighted by atomic mass is 15.3. The molecule has 1 saturated heterocycles. The quantitative estimate of drug-likeness (QED) is 0.845. The smallest absolute Gasteiger partial charge is 0.0449 e. The number of nitrogens with one attached hydrogen (secondary N) is 1. The molecule has 0 aromatic heterocycles. The molecule has 1 atom stereocenters. The van der Waals surface area contributed by atoms with Crippen LogP contribution in [0.2, 0.25) is 0 Å². The molecule has 106 valence electrons. The summed E-state index contributed by atoms with van der Waals surface area (Å²) >= 11 is 0. The third-order valence-corrected chi connectivity index (χ3v) is 4.01. The monoisotopic (exact) mass is 261 g/mol. The lowest BCUT2D eigenvalue weighted by Crippen LogP contribution is -2.48. The molecule has 1 aromatic rings. The number of benzene rings is 1. The van der Waals surface area contributed by atoms with E-state index in [0.717, 1.165) is 13.1 Å². The zero-order valence-electron chi connectivity index (χ0n) is 12.3. The molecule has 3 heteroatoms. The zero-order valence-corrected chi connectivity index (χ0v) is 12.3. The van der Waals surface area contributed by atoms with Crippen molar-refractivity contribution in [1.82, 2.24) is 15.1 Å². The Balaban J connectivity index is 1.91. The van der Waals surface area contributed by atoms with Gasteiger partial charge in [0.05, 0.1) is 0 Å². The van der Waals surface area contributed by atoms with Crippen molar-refractivity contribution in [1.29, 1.82) is 0 Å². The van der Waals surface area contributed by atoms with E-state index in [1.165, 1.54) is 38.3 Å². The van der Waals surface area contributed by atoms with Crippen LogP contribution in [0.15, 0.2) is 30.3 Å². The molecule has 1 heterocycles. The number of hydrogen-bond donors (Lipinski definition) is 1. The van der Waals surface area contributed by atoms with E-state index in [9.17, 15) is 0 Å². The van der Waals surface area contributed by atoms with E-state index in [2.05, 4.69) is 59.3 Å². The Hall–Kier alpha value is -0.900. The largest absolute Gasteiger partial charge is 0.309 e. The summed E-state index contributed by atoms with van der Waals surface area (Å²) < 4.78 is 0. The number of piperazine rings is 1. The molecule has 0 saturated carbocycles. The summed E-state index contributed by atoms with van der Waals surface area (Å²) in [6.07, 6.45) is 0. The lowest BCUT2D eigenvalue weighted by Gasteiger charge is -2.36. The highest BCUT2D eigenvalue weighted by Crippen LogP contribution is 2.15. The van der Waals surface area contributed by atoms with Gasteiger partial charge in [-0.3, -0.25) is 4.90 Å². The number of rotatable bonds is 6. The second-order valence-electron chi connectivity index (χ2n) is 5.26. The molecule has 0 bridgehead atoms. The molecule has 1 unspecified atom stereocenters. The molecule has 0 radical (unpaired) electrons. The van der Waals surface area contributed by atoms with Crippen LogP contribution in [0.5, 0.6) is 0 Å². The predicted molar refractivity (Wildman–Crippen MR) is 81.4 cm³/mol. The summed E-state index contributed by atoms with van der Waals surface area (Å²) in [4.78, 5) is 5.12. The molecular formula is C16H27N3. The van der Waals surface area contributed by atoms with Gasteiger partial charge in [0.2, 0.25) is 0 Å². The van der Waals surface area contributed by atoms with E-state index in [0.29, 0.717) is 6.04 Å². The van der Waals surface area contributed by atoms with Crippen molar-refractivity contribution in [2.75, 3.05) is 45.8 Å². The summed E-state index contributed by atoms with van der Waals surface area (Å²) in [7, 11) is 0. The van der Waals surface area contributed by atoms with E-state index < -0.39 is 0 Å². The topological polar surface area (TPSA) is 18.5 Å². The first kappa shape index (κ1) is 14.5. The van der Waals surface area contributed by atoms with Gasteiger partial charge in [-0.2, -0.15) is 0 Å². The van der Waals surface area contributed by atoms with E-state index >= 15 is 0 Å². The Morgan fingerprint density at radius 1 is 1.00 bits per heavy atom. The van der Waals surface area contributed by atoms with Crippen LogP contribution in [0, 0.1) is 0 Å². The molecule has 0 spiro atoms. The Morgan fingerprint density at radius 2 is 1.63 bits per heavy atom. The lowest BCUT2D eigenvalue weighted by atomic mass is 10.1. The van der Waals surface area contributed by atoms with Gasteiger partial charge in [-0.05, 0) is 18.7 Å². The maximum Gasteiger partial charge on any atom is 0.0449 e. The second-order valence-corrected chi connectivity index (χ2v) is 5.26. The Bertz CT molecular complexity index is 344. The van der Waals surface area contributed by atoms with E-state index in [1.807, 2.05) is 0 Å². The SMILES string of the molecule is CCNC(CN1CCN(CC)CC1)c1ccccc1. The van der Waals surface area contributed by atoms with Gasteiger partial charge in [-0.15, -0.1) is 0 Å². The van der Waals surface area contributed by atoms with Crippen LogP contribution in [-0.2, 0) is 0 Å². The van der Waals surface area contributed by atoms with Crippen LogP contribution in [0.25, 0.3) is 0 Å². The summed E-state index contributed by atoms with van der Waals surface area (Å²) in [5.74, 6) is 0. The van der Waals surface area contributed by atoms with Crippen LogP contribution in [0.1, 0.15) is 25.5 Å². The van der Waals surface area contributed by atoms with Gasteiger partial charge in [0.15, 0.2) is 0 Å². The zero-order chi connectivity index (χ0) is 13.5. The van der Waals surface area contributed by atoms with E-state index in [4.69, 9.17) is 0 Å². The fourth-order valence-corrected chi connectivity index (χ4v) is 2.77. The Labute approximate surface area is 117 Å². The van der Waals surface area contributed by atoms with Gasteiger partial charge in [0.25, 0.3) is 0 Å². The molecule has 1 aromatic carbocycles. The fourth-order valence-electron chi connectivity index (χ4n) is 2.77. The summed E-state index contributed by atoms with van der Waals surface area (Å²) in [5.41, 5.74) is 1.40. The van der Waals surface area contributed by atoms with Crippen molar-refractivity contribution in [2.24, 2.45) is 0 Å². The van der Waals surface area contributed by atoms with Crippen LogP contribution in [-0.4, -0.2) is 55.6 Å².